The van der Waals surface area contributed by atoms with Crippen molar-refractivity contribution in [3.8, 4) is 0 Å². The highest BCUT2D eigenvalue weighted by Gasteiger charge is 2.57. The molecule has 2 aliphatic heterocycles. The number of para-hydroxylation sites is 2. The molecule has 42 heavy (non-hydrogen) atoms. The van der Waals surface area contributed by atoms with E-state index in [1.165, 1.54) is 16.7 Å². The first-order valence-corrected chi connectivity index (χ1v) is 14.6. The number of hydrogen-bond acceptors (Lipinski definition) is 6. The Hall–Kier alpha value is -4.16. The van der Waals surface area contributed by atoms with E-state index in [-0.39, 0.29) is 6.54 Å². The second-order valence-electron chi connectivity index (χ2n) is 9.97. The third-order valence-electron chi connectivity index (χ3n) is 7.38. The number of thioether (sulfide) groups is 1. The van der Waals surface area contributed by atoms with E-state index >= 15 is 0 Å². The number of imide groups is 1. The fourth-order valence-corrected chi connectivity index (χ4v) is 8.24. The average molecular weight is 610 g/mol. The summed E-state index contributed by atoms with van der Waals surface area (Å²) in [5, 5.41) is 2.05. The minimum atomic E-state index is -4.79. The van der Waals surface area contributed by atoms with Crippen LogP contribution in [0.5, 0.6) is 0 Å². The number of halogens is 3. The SMILES string of the molecule is Cc1ccccc1NC(=O)Cn1c2c(sc1=O)C(c1ccccc1)C1C(=O)N(c3ccccc3C(F)(F)F)C(=O)C1S2. The molecule has 3 atom stereocenters. The lowest BCUT2D eigenvalue weighted by atomic mass is 9.83. The Labute approximate surface area is 246 Å². The van der Waals surface area contributed by atoms with Crippen LogP contribution in [0.25, 0.3) is 0 Å². The summed E-state index contributed by atoms with van der Waals surface area (Å²) in [6, 6.07) is 20.4. The molecule has 1 aromatic heterocycles. The van der Waals surface area contributed by atoms with Crippen LogP contribution in [0, 0.1) is 12.8 Å². The van der Waals surface area contributed by atoms with Crippen LogP contribution in [0.15, 0.2) is 88.7 Å². The molecule has 0 spiro atoms. The molecule has 0 bridgehead atoms. The van der Waals surface area contributed by atoms with E-state index in [2.05, 4.69) is 5.32 Å². The number of hydrogen-bond donors (Lipinski definition) is 1. The van der Waals surface area contributed by atoms with Crippen molar-refractivity contribution in [3.63, 3.8) is 0 Å². The molecule has 1 N–H and O–H groups in total. The molecule has 0 aliphatic carbocycles. The van der Waals surface area contributed by atoms with Crippen LogP contribution in [0.3, 0.4) is 0 Å². The van der Waals surface area contributed by atoms with Gasteiger partial charge in [-0.2, -0.15) is 13.2 Å². The third-order valence-corrected chi connectivity index (χ3v) is 9.98. The van der Waals surface area contributed by atoms with Gasteiger partial charge in [0.25, 0.3) is 0 Å². The molecule has 1 saturated heterocycles. The fourth-order valence-electron chi connectivity index (χ4n) is 5.47. The minimum Gasteiger partial charge on any atom is -0.324 e. The number of thiazole rings is 1. The zero-order valence-electron chi connectivity index (χ0n) is 21.9. The van der Waals surface area contributed by atoms with Gasteiger partial charge in [-0.15, -0.1) is 0 Å². The number of alkyl halides is 3. The van der Waals surface area contributed by atoms with Gasteiger partial charge < -0.3 is 5.32 Å². The molecule has 1 fully saturated rings. The predicted molar refractivity (Wildman–Crippen MR) is 154 cm³/mol. The van der Waals surface area contributed by atoms with Crippen molar-refractivity contribution in [2.75, 3.05) is 10.2 Å². The number of anilines is 2. The summed E-state index contributed by atoms with van der Waals surface area (Å²) >= 11 is 1.82. The maximum absolute atomic E-state index is 13.9. The number of carbonyl (C=O) groups is 3. The number of amides is 3. The van der Waals surface area contributed by atoms with Gasteiger partial charge in [0.15, 0.2) is 0 Å². The van der Waals surface area contributed by atoms with E-state index < -0.39 is 57.1 Å². The molecule has 214 valence electrons. The minimum absolute atomic E-state index is 0.340. The van der Waals surface area contributed by atoms with Gasteiger partial charge >= 0.3 is 11.0 Å². The molecule has 3 heterocycles. The van der Waals surface area contributed by atoms with E-state index in [4.69, 9.17) is 0 Å². The van der Waals surface area contributed by atoms with Crippen LogP contribution in [0.1, 0.15) is 27.5 Å². The Morgan fingerprint density at radius 2 is 1.57 bits per heavy atom. The molecule has 4 aromatic rings. The van der Waals surface area contributed by atoms with Gasteiger partial charge in [0.2, 0.25) is 17.7 Å². The Bertz CT molecular complexity index is 1780. The molecule has 12 heteroatoms. The first kappa shape index (κ1) is 28.0. The molecule has 0 radical (unpaired) electrons. The number of benzene rings is 3. The normalized spacial score (nSPS) is 19.9. The number of nitrogens with zero attached hydrogens (tertiary/aromatic N) is 2. The zero-order valence-corrected chi connectivity index (χ0v) is 23.6. The number of aromatic nitrogens is 1. The predicted octanol–water partition coefficient (Wildman–Crippen LogP) is 5.67. The second kappa shape index (κ2) is 10.6. The Morgan fingerprint density at radius 3 is 2.29 bits per heavy atom. The van der Waals surface area contributed by atoms with Crippen molar-refractivity contribution < 1.29 is 27.6 Å². The monoisotopic (exact) mass is 609 g/mol. The van der Waals surface area contributed by atoms with Gasteiger partial charge in [-0.3, -0.25) is 23.7 Å². The maximum atomic E-state index is 13.9. The maximum Gasteiger partial charge on any atom is 0.418 e. The van der Waals surface area contributed by atoms with E-state index in [0.29, 0.717) is 26.1 Å². The standard InChI is InChI=1S/C30H22F3N3O4S2/c1-16-9-5-7-13-19(16)34-21(37)15-35-28-25(42-29(35)40)22(17-10-3-2-4-11-17)23-24(41-28)27(39)36(26(23)38)20-14-8-6-12-18(20)30(31,32)33/h2-14,22-24H,15H2,1H3,(H,34,37). The van der Waals surface area contributed by atoms with Gasteiger partial charge in [-0.25, -0.2) is 4.90 Å². The average Bonchev–Trinajstić information content (AvgIpc) is 3.40. The van der Waals surface area contributed by atoms with Gasteiger partial charge in [-0.05, 0) is 36.2 Å². The first-order valence-electron chi connectivity index (χ1n) is 12.9. The fraction of sp³-hybridized carbons (Fsp3) is 0.200. The Morgan fingerprint density at radius 1 is 0.905 bits per heavy atom. The van der Waals surface area contributed by atoms with E-state index in [0.717, 1.165) is 40.8 Å². The highest BCUT2D eigenvalue weighted by Crippen LogP contribution is 2.54. The van der Waals surface area contributed by atoms with Crippen LogP contribution >= 0.6 is 23.1 Å². The van der Waals surface area contributed by atoms with Crippen molar-refractivity contribution >= 4 is 52.2 Å². The first-order chi connectivity index (χ1) is 20.1. The molecule has 2 aliphatic rings. The second-order valence-corrected chi connectivity index (χ2v) is 12.1. The number of nitrogens with one attached hydrogen (secondary N) is 1. The van der Waals surface area contributed by atoms with E-state index in [1.54, 1.807) is 42.5 Å². The lowest BCUT2D eigenvalue weighted by Gasteiger charge is -2.30. The number of fused-ring (bicyclic) bond motifs is 2. The highest BCUT2D eigenvalue weighted by molar-refractivity contribution is 8.00. The van der Waals surface area contributed by atoms with Crippen LogP contribution < -0.4 is 15.1 Å². The molecule has 7 nitrogen and oxygen atoms in total. The van der Waals surface area contributed by atoms with Crippen molar-refractivity contribution in [2.45, 2.75) is 35.8 Å². The summed E-state index contributed by atoms with van der Waals surface area (Å²) in [7, 11) is 0. The number of aryl methyl sites for hydroxylation is 1. The van der Waals surface area contributed by atoms with Gasteiger partial charge in [0.1, 0.15) is 11.8 Å². The van der Waals surface area contributed by atoms with E-state index in [9.17, 15) is 32.3 Å². The van der Waals surface area contributed by atoms with E-state index in [1.807, 2.05) is 19.1 Å². The number of carbonyl (C=O) groups excluding carboxylic acids is 3. The number of rotatable bonds is 5. The molecular weight excluding hydrogens is 587 g/mol. The third kappa shape index (κ3) is 4.74. The van der Waals surface area contributed by atoms with Gasteiger partial charge in [0.05, 0.1) is 22.2 Å². The summed E-state index contributed by atoms with van der Waals surface area (Å²) in [6.07, 6.45) is -4.79. The molecule has 6 rings (SSSR count). The molecule has 3 amide bonds. The van der Waals surface area contributed by atoms with Crippen molar-refractivity contribution in [3.05, 3.63) is 110 Å². The molecule has 0 saturated carbocycles. The molecule has 3 unspecified atom stereocenters. The highest BCUT2D eigenvalue weighted by atomic mass is 32.2. The summed E-state index contributed by atoms with van der Waals surface area (Å²) < 4.78 is 43.0. The quantitative estimate of drug-likeness (QED) is 0.295. The summed E-state index contributed by atoms with van der Waals surface area (Å²) in [5.74, 6) is -3.84. The smallest absolute Gasteiger partial charge is 0.324 e. The Balaban J connectivity index is 1.43. The largest absolute Gasteiger partial charge is 0.418 e. The lowest BCUT2D eigenvalue weighted by molar-refractivity contribution is -0.137. The summed E-state index contributed by atoms with van der Waals surface area (Å²) in [6.45, 7) is 1.49. The Kier molecular flexibility index (Phi) is 7.06. The molecular formula is C30H22F3N3O4S2. The molecule has 3 aromatic carbocycles. The van der Waals surface area contributed by atoms with Crippen LogP contribution in [-0.4, -0.2) is 27.5 Å². The van der Waals surface area contributed by atoms with Crippen molar-refractivity contribution in [2.24, 2.45) is 5.92 Å². The zero-order chi connectivity index (χ0) is 29.8. The van der Waals surface area contributed by atoms with Crippen LogP contribution in [0.4, 0.5) is 24.5 Å². The van der Waals surface area contributed by atoms with Crippen LogP contribution in [-0.2, 0) is 27.1 Å². The van der Waals surface area contributed by atoms with Crippen molar-refractivity contribution in [1.29, 1.82) is 0 Å². The van der Waals surface area contributed by atoms with Crippen LogP contribution in [0.2, 0.25) is 0 Å². The van der Waals surface area contributed by atoms with Gasteiger partial charge in [0, 0.05) is 16.5 Å². The summed E-state index contributed by atoms with van der Waals surface area (Å²) in [5.41, 5.74) is 0.441. The lowest BCUT2D eigenvalue weighted by Crippen LogP contribution is -2.33. The van der Waals surface area contributed by atoms with Gasteiger partial charge in [-0.1, -0.05) is 83.8 Å². The topological polar surface area (TPSA) is 88.5 Å². The van der Waals surface area contributed by atoms with Crippen molar-refractivity contribution in [1.82, 2.24) is 4.57 Å². The summed E-state index contributed by atoms with van der Waals surface area (Å²) in [4.78, 5) is 54.7.